The molecule has 2 heterocycles. The van der Waals surface area contributed by atoms with Gasteiger partial charge in [-0.1, -0.05) is 0 Å². The van der Waals surface area contributed by atoms with Crippen LogP contribution in [0.1, 0.15) is 32.0 Å². The molecule has 1 aromatic carbocycles. The highest BCUT2D eigenvalue weighted by atomic mass is 32.2. The van der Waals surface area contributed by atoms with Gasteiger partial charge in [0.1, 0.15) is 23.1 Å². The van der Waals surface area contributed by atoms with E-state index >= 15 is 0 Å². The maximum Gasteiger partial charge on any atom is 0.227 e. The molecule has 28 heavy (non-hydrogen) atoms. The number of pyridine rings is 1. The minimum atomic E-state index is -0.933. The molecule has 3 aromatic rings. The summed E-state index contributed by atoms with van der Waals surface area (Å²) in [5, 5.41) is 13.3. The largest absolute Gasteiger partial charge is 0.616 e. The summed E-state index contributed by atoms with van der Waals surface area (Å²) in [7, 11) is 0. The average Bonchev–Trinajstić information content (AvgIpc) is 2.68. The Kier molecular flexibility index (Phi) is 6.29. The molecule has 1 unspecified atom stereocenters. The lowest BCUT2D eigenvalue weighted by Crippen LogP contribution is -2.09. The zero-order valence-electron chi connectivity index (χ0n) is 16.0. The van der Waals surface area contributed by atoms with Crippen LogP contribution in [0.3, 0.4) is 0 Å². The van der Waals surface area contributed by atoms with Crippen molar-refractivity contribution in [3.8, 4) is 11.8 Å². The van der Waals surface area contributed by atoms with Gasteiger partial charge in [0.25, 0.3) is 0 Å². The summed E-state index contributed by atoms with van der Waals surface area (Å²) in [4.78, 5) is 13.2. The molecule has 0 aliphatic rings. The molecule has 8 heteroatoms. The molecule has 3 rings (SSSR count). The van der Waals surface area contributed by atoms with Crippen LogP contribution in [-0.2, 0) is 16.9 Å². The molecule has 0 saturated carbocycles. The van der Waals surface area contributed by atoms with E-state index in [-0.39, 0.29) is 6.10 Å². The fourth-order valence-corrected chi connectivity index (χ4v) is 3.30. The molecule has 0 amide bonds. The number of fused-ring (bicyclic) bond motifs is 1. The molecule has 0 radical (unpaired) electrons. The van der Waals surface area contributed by atoms with E-state index in [0.717, 1.165) is 16.8 Å². The van der Waals surface area contributed by atoms with Crippen molar-refractivity contribution in [3.63, 3.8) is 0 Å². The van der Waals surface area contributed by atoms with Crippen LogP contribution in [0.25, 0.3) is 10.9 Å². The SMILES string of the molecule is CC[S+]([O-])Cc1cc(Nc2ncc3ccc(C#N)c(OC(C)C)c3n2)ccn1. The third-order valence-corrected chi connectivity index (χ3v) is 5.15. The van der Waals surface area contributed by atoms with Crippen LogP contribution in [0.2, 0.25) is 0 Å². The minimum absolute atomic E-state index is 0.0914. The van der Waals surface area contributed by atoms with Crippen LogP contribution in [0, 0.1) is 11.3 Å². The number of benzene rings is 1. The van der Waals surface area contributed by atoms with Crippen molar-refractivity contribution in [2.24, 2.45) is 0 Å². The lowest BCUT2D eigenvalue weighted by atomic mass is 10.1. The standard InChI is InChI=1S/C20H21N5O2S/c1-4-28(26)12-17-9-16(7-8-22-17)24-20-23-11-15-6-5-14(10-21)19(18(15)25-20)27-13(2)3/h5-9,11,13H,4,12H2,1-3H3,(H,22,23,24,25). The van der Waals surface area contributed by atoms with E-state index in [2.05, 4.69) is 26.3 Å². The Morgan fingerprint density at radius 1 is 1.29 bits per heavy atom. The zero-order valence-corrected chi connectivity index (χ0v) is 16.8. The van der Waals surface area contributed by atoms with Crippen molar-refractivity contribution in [1.29, 1.82) is 5.26 Å². The second-order valence-corrected chi connectivity index (χ2v) is 8.13. The van der Waals surface area contributed by atoms with E-state index in [1.54, 1.807) is 30.6 Å². The van der Waals surface area contributed by atoms with Gasteiger partial charge in [-0.25, -0.2) is 9.97 Å². The Morgan fingerprint density at radius 3 is 2.82 bits per heavy atom. The van der Waals surface area contributed by atoms with Gasteiger partial charge in [-0.3, -0.25) is 4.98 Å². The van der Waals surface area contributed by atoms with Crippen molar-refractivity contribution < 1.29 is 9.29 Å². The summed E-state index contributed by atoms with van der Waals surface area (Å²) < 4.78 is 17.6. The van der Waals surface area contributed by atoms with Gasteiger partial charge in [0.2, 0.25) is 5.95 Å². The number of rotatable bonds is 7. The third kappa shape index (κ3) is 4.68. The first-order valence-corrected chi connectivity index (χ1v) is 10.4. The molecule has 0 saturated heterocycles. The fraction of sp³-hybridized carbons (Fsp3) is 0.300. The van der Waals surface area contributed by atoms with Crippen LogP contribution in [0.5, 0.6) is 5.75 Å². The van der Waals surface area contributed by atoms with E-state index < -0.39 is 11.2 Å². The van der Waals surface area contributed by atoms with E-state index in [1.807, 2.05) is 26.8 Å². The molecule has 0 bridgehead atoms. The number of ether oxygens (including phenoxy) is 1. The normalized spacial score (nSPS) is 12.0. The Labute approximate surface area is 167 Å². The smallest absolute Gasteiger partial charge is 0.227 e. The third-order valence-electron chi connectivity index (χ3n) is 3.88. The highest BCUT2D eigenvalue weighted by molar-refractivity contribution is 7.90. The quantitative estimate of drug-likeness (QED) is 0.608. The van der Waals surface area contributed by atoms with E-state index in [0.29, 0.717) is 34.3 Å². The van der Waals surface area contributed by atoms with Gasteiger partial charge >= 0.3 is 0 Å². The summed E-state index contributed by atoms with van der Waals surface area (Å²) >= 11 is -0.933. The van der Waals surface area contributed by atoms with Gasteiger partial charge in [-0.2, -0.15) is 5.26 Å². The van der Waals surface area contributed by atoms with Gasteiger partial charge in [-0.05, 0) is 56.2 Å². The van der Waals surface area contributed by atoms with Crippen molar-refractivity contribution in [2.45, 2.75) is 32.6 Å². The number of nitrogens with zero attached hydrogens (tertiary/aromatic N) is 4. The van der Waals surface area contributed by atoms with Crippen molar-refractivity contribution in [2.75, 3.05) is 11.1 Å². The first-order valence-electron chi connectivity index (χ1n) is 8.93. The summed E-state index contributed by atoms with van der Waals surface area (Å²) in [6.07, 6.45) is 3.26. The molecule has 0 aliphatic carbocycles. The molecule has 144 valence electrons. The van der Waals surface area contributed by atoms with Crippen LogP contribution in [0.15, 0.2) is 36.7 Å². The van der Waals surface area contributed by atoms with Crippen LogP contribution in [-0.4, -0.2) is 31.4 Å². The second kappa shape index (κ2) is 8.87. The number of hydrogen-bond donors (Lipinski definition) is 1. The Bertz CT molecular complexity index is 1020. The Balaban J connectivity index is 1.94. The number of nitrogens with one attached hydrogen (secondary N) is 1. The molecule has 0 spiro atoms. The van der Waals surface area contributed by atoms with E-state index in [9.17, 15) is 9.81 Å². The predicted octanol–water partition coefficient (Wildman–Crippen LogP) is 3.70. The van der Waals surface area contributed by atoms with Gasteiger partial charge in [0.05, 0.1) is 17.4 Å². The fourth-order valence-electron chi connectivity index (χ4n) is 2.61. The first kappa shape index (κ1) is 19.9. The summed E-state index contributed by atoms with van der Waals surface area (Å²) in [5.74, 6) is 1.83. The van der Waals surface area contributed by atoms with E-state index in [4.69, 9.17) is 4.74 Å². The van der Waals surface area contributed by atoms with E-state index in [1.165, 1.54) is 0 Å². The van der Waals surface area contributed by atoms with Crippen LogP contribution in [0.4, 0.5) is 11.6 Å². The van der Waals surface area contributed by atoms with Gasteiger partial charge in [0, 0.05) is 23.5 Å². The average molecular weight is 395 g/mol. The number of nitriles is 1. The number of anilines is 2. The molecule has 1 atom stereocenters. The van der Waals surface area contributed by atoms with Crippen LogP contribution < -0.4 is 10.1 Å². The highest BCUT2D eigenvalue weighted by Gasteiger charge is 2.14. The van der Waals surface area contributed by atoms with Gasteiger partial charge < -0.3 is 14.6 Å². The maximum absolute atomic E-state index is 11.8. The maximum atomic E-state index is 11.8. The van der Waals surface area contributed by atoms with Gasteiger partial charge in [-0.15, -0.1) is 0 Å². The molecule has 7 nitrogen and oxygen atoms in total. The summed E-state index contributed by atoms with van der Waals surface area (Å²) in [6, 6.07) is 9.29. The highest BCUT2D eigenvalue weighted by Crippen LogP contribution is 2.30. The second-order valence-electron chi connectivity index (χ2n) is 6.39. The molecular formula is C20H21N5O2S. The molecule has 2 aromatic heterocycles. The topological polar surface area (TPSA) is 107 Å². The molecule has 1 N–H and O–H groups in total. The Hall–Kier alpha value is -2.89. The van der Waals surface area contributed by atoms with Crippen LogP contribution >= 0.6 is 0 Å². The van der Waals surface area contributed by atoms with Crippen molar-refractivity contribution >= 4 is 33.7 Å². The number of hydrogen-bond acceptors (Lipinski definition) is 7. The lowest BCUT2D eigenvalue weighted by Gasteiger charge is -2.14. The zero-order chi connectivity index (χ0) is 20.1. The Morgan fingerprint density at radius 2 is 2.11 bits per heavy atom. The first-order chi connectivity index (χ1) is 13.5. The summed E-state index contributed by atoms with van der Waals surface area (Å²) in [6.45, 7) is 5.69. The van der Waals surface area contributed by atoms with Crippen molar-refractivity contribution in [1.82, 2.24) is 15.0 Å². The lowest BCUT2D eigenvalue weighted by molar-refractivity contribution is 0.244. The molecular weight excluding hydrogens is 374 g/mol. The monoisotopic (exact) mass is 395 g/mol. The molecule has 0 fully saturated rings. The summed E-state index contributed by atoms with van der Waals surface area (Å²) in [5.41, 5.74) is 2.49. The molecule has 0 aliphatic heterocycles. The van der Waals surface area contributed by atoms with Crippen molar-refractivity contribution in [3.05, 3.63) is 47.9 Å². The minimum Gasteiger partial charge on any atom is -0.616 e. The number of aromatic nitrogens is 3. The predicted molar refractivity (Wildman–Crippen MR) is 110 cm³/mol. The van der Waals surface area contributed by atoms with Gasteiger partial charge in [0.15, 0.2) is 5.75 Å².